The van der Waals surface area contributed by atoms with Crippen molar-refractivity contribution in [3.8, 4) is 23.2 Å². The summed E-state index contributed by atoms with van der Waals surface area (Å²) in [4.78, 5) is 4.17. The first-order valence-corrected chi connectivity index (χ1v) is 12.4. The second-order valence-corrected chi connectivity index (χ2v) is 10.5. The molecule has 9 heteroatoms. The van der Waals surface area contributed by atoms with E-state index < -0.39 is 16.1 Å². The molecule has 2 aromatic heterocycles. The van der Waals surface area contributed by atoms with Gasteiger partial charge in [-0.2, -0.15) is 0 Å². The van der Waals surface area contributed by atoms with Gasteiger partial charge in [-0.3, -0.25) is 0 Å². The van der Waals surface area contributed by atoms with Gasteiger partial charge in [0.15, 0.2) is 5.76 Å². The van der Waals surface area contributed by atoms with Gasteiger partial charge in [0.25, 0.3) is 0 Å². The summed E-state index contributed by atoms with van der Waals surface area (Å²) in [5, 5.41) is 13.9. The van der Waals surface area contributed by atoms with E-state index in [4.69, 9.17) is 4.52 Å². The lowest BCUT2D eigenvalue weighted by Crippen LogP contribution is -2.30. The van der Waals surface area contributed by atoms with Crippen molar-refractivity contribution in [1.29, 1.82) is 0 Å². The number of imidazole rings is 1. The molecule has 3 heterocycles. The van der Waals surface area contributed by atoms with Crippen LogP contribution < -0.4 is 0 Å². The van der Waals surface area contributed by atoms with Crippen molar-refractivity contribution in [2.45, 2.75) is 19.6 Å². The molecule has 1 aromatic carbocycles. The van der Waals surface area contributed by atoms with Crippen LogP contribution in [0.4, 0.5) is 0 Å². The Balaban J connectivity index is 1.22. The monoisotopic (exact) mass is 452 g/mol. The van der Waals surface area contributed by atoms with Crippen LogP contribution in [0.25, 0.3) is 11.3 Å². The van der Waals surface area contributed by atoms with Crippen LogP contribution in [0.3, 0.4) is 0 Å². The van der Waals surface area contributed by atoms with Crippen LogP contribution in [0.2, 0.25) is 0 Å². The molecule has 1 N–H and O–H groups in total. The average molecular weight is 453 g/mol. The van der Waals surface area contributed by atoms with Crippen LogP contribution >= 0.6 is 0 Å². The molecular weight excluding hydrogens is 428 g/mol. The van der Waals surface area contributed by atoms with Crippen molar-refractivity contribution < 1.29 is 18.0 Å². The van der Waals surface area contributed by atoms with Crippen molar-refractivity contribution >= 4 is 10.0 Å². The van der Waals surface area contributed by atoms with Crippen molar-refractivity contribution in [2.75, 3.05) is 19.3 Å². The van der Waals surface area contributed by atoms with E-state index in [0.29, 0.717) is 49.0 Å². The Morgan fingerprint density at radius 1 is 1.25 bits per heavy atom. The standard InChI is InChI=1S/C23H24N4O4S/c1-15(28)23-24-9-10-26(23)12-18-11-22(31-25-18)17-6-3-16(4-7-17)5-8-19-20-13-27(14-21(19)20)32(2,29)30/h3-4,6-7,9-11,15,19-21,28H,12-14H2,1-2H3/t15-,19-,20-,21+/m0/s1. The predicted octanol–water partition coefficient (Wildman–Crippen LogP) is 2.13. The summed E-state index contributed by atoms with van der Waals surface area (Å²) in [6, 6.07) is 9.68. The number of hydrogen-bond donors (Lipinski definition) is 1. The molecule has 0 spiro atoms. The molecule has 1 saturated heterocycles. The van der Waals surface area contributed by atoms with E-state index in [-0.39, 0.29) is 0 Å². The maximum Gasteiger partial charge on any atom is 0.211 e. The average Bonchev–Trinajstić information content (AvgIpc) is 3.24. The number of aliphatic hydroxyl groups is 1. The Morgan fingerprint density at radius 3 is 2.62 bits per heavy atom. The Kier molecular flexibility index (Phi) is 5.16. The van der Waals surface area contributed by atoms with Gasteiger partial charge in [-0.05, 0) is 43.0 Å². The van der Waals surface area contributed by atoms with Crippen LogP contribution in [0.15, 0.2) is 47.2 Å². The third-order valence-corrected chi connectivity index (χ3v) is 7.43. The molecule has 3 aromatic rings. The summed E-state index contributed by atoms with van der Waals surface area (Å²) in [5.41, 5.74) is 2.56. The maximum absolute atomic E-state index is 11.6. The Morgan fingerprint density at radius 2 is 1.97 bits per heavy atom. The molecule has 32 heavy (non-hydrogen) atoms. The Hall–Kier alpha value is -2.93. The number of piperidine rings is 1. The zero-order chi connectivity index (χ0) is 22.5. The van der Waals surface area contributed by atoms with Gasteiger partial charge in [-0.25, -0.2) is 17.7 Å². The summed E-state index contributed by atoms with van der Waals surface area (Å²) in [5.74, 6) is 8.81. The minimum Gasteiger partial charge on any atom is -0.385 e. The minimum absolute atomic E-state index is 0.291. The molecule has 2 fully saturated rings. The van der Waals surface area contributed by atoms with E-state index in [1.165, 1.54) is 6.26 Å². The van der Waals surface area contributed by atoms with Gasteiger partial charge in [0.2, 0.25) is 10.0 Å². The van der Waals surface area contributed by atoms with Gasteiger partial charge in [0, 0.05) is 48.6 Å². The summed E-state index contributed by atoms with van der Waals surface area (Å²) >= 11 is 0. The van der Waals surface area contributed by atoms with Gasteiger partial charge >= 0.3 is 0 Å². The summed E-state index contributed by atoms with van der Waals surface area (Å²) < 4.78 is 32.1. The zero-order valence-electron chi connectivity index (χ0n) is 17.8. The van der Waals surface area contributed by atoms with Gasteiger partial charge in [0.05, 0.1) is 12.8 Å². The highest BCUT2D eigenvalue weighted by molar-refractivity contribution is 7.88. The number of benzene rings is 1. The smallest absolute Gasteiger partial charge is 0.211 e. The molecule has 4 atom stereocenters. The number of hydrogen-bond acceptors (Lipinski definition) is 6. The molecule has 0 bridgehead atoms. The second-order valence-electron chi connectivity index (χ2n) is 8.55. The van der Waals surface area contributed by atoms with Crippen LogP contribution in [0.5, 0.6) is 0 Å². The van der Waals surface area contributed by atoms with E-state index in [1.54, 1.807) is 23.6 Å². The molecule has 8 nitrogen and oxygen atoms in total. The highest BCUT2D eigenvalue weighted by Gasteiger charge is 2.56. The number of nitrogens with zero attached hydrogens (tertiary/aromatic N) is 4. The van der Waals surface area contributed by atoms with E-state index >= 15 is 0 Å². The number of rotatable bonds is 5. The first kappa shape index (κ1) is 20.9. The third-order valence-electron chi connectivity index (χ3n) is 6.19. The summed E-state index contributed by atoms with van der Waals surface area (Å²) in [6.45, 7) is 3.33. The summed E-state index contributed by atoms with van der Waals surface area (Å²) in [7, 11) is -3.09. The van der Waals surface area contributed by atoms with Gasteiger partial charge in [-0.1, -0.05) is 17.0 Å². The highest BCUT2D eigenvalue weighted by Crippen LogP contribution is 2.51. The zero-order valence-corrected chi connectivity index (χ0v) is 18.7. The fourth-order valence-electron chi connectivity index (χ4n) is 4.38. The van der Waals surface area contributed by atoms with Gasteiger partial charge in [0.1, 0.15) is 17.6 Å². The largest absolute Gasteiger partial charge is 0.385 e. The molecule has 0 amide bonds. The van der Waals surface area contributed by atoms with E-state index in [2.05, 4.69) is 22.0 Å². The Labute approximate surface area is 186 Å². The molecule has 0 unspecified atom stereocenters. The SMILES string of the molecule is C[C@H](O)c1nccn1Cc1cc(-c2ccc(C#C[C@@H]3[C@H]4CN(S(C)(=O)=O)C[C@@H]34)cc2)on1. The molecule has 1 aliphatic heterocycles. The normalized spacial score (nSPS) is 23.4. The maximum atomic E-state index is 11.6. The van der Waals surface area contributed by atoms with E-state index in [0.717, 1.165) is 16.8 Å². The minimum atomic E-state index is -3.09. The van der Waals surface area contributed by atoms with Crippen molar-refractivity contribution in [3.05, 3.63) is 59.8 Å². The first-order chi connectivity index (χ1) is 15.3. The molecule has 2 aliphatic rings. The Bertz CT molecular complexity index is 1290. The second kappa shape index (κ2) is 7.89. The lowest BCUT2D eigenvalue weighted by Gasteiger charge is -2.14. The highest BCUT2D eigenvalue weighted by atomic mass is 32.2. The molecule has 0 radical (unpaired) electrons. The number of sulfonamides is 1. The fourth-order valence-corrected chi connectivity index (χ4v) is 5.26. The number of fused-ring (bicyclic) bond motifs is 1. The lowest BCUT2D eigenvalue weighted by molar-refractivity contribution is 0.184. The third kappa shape index (κ3) is 4.09. The van der Waals surface area contributed by atoms with Gasteiger partial charge < -0.3 is 14.2 Å². The summed E-state index contributed by atoms with van der Waals surface area (Å²) in [6.07, 6.45) is 4.07. The fraction of sp³-hybridized carbons (Fsp3) is 0.391. The van der Waals surface area contributed by atoms with Crippen LogP contribution in [-0.4, -0.2) is 51.9 Å². The molecule has 1 aliphatic carbocycles. The van der Waals surface area contributed by atoms with Crippen LogP contribution in [0.1, 0.15) is 30.1 Å². The molecular formula is C23H24N4O4S. The quantitative estimate of drug-likeness (QED) is 0.595. The number of aromatic nitrogens is 3. The molecule has 1 saturated carbocycles. The molecule has 5 rings (SSSR count). The van der Waals surface area contributed by atoms with E-state index in [9.17, 15) is 13.5 Å². The van der Waals surface area contributed by atoms with Crippen LogP contribution in [-0.2, 0) is 16.6 Å². The van der Waals surface area contributed by atoms with Crippen LogP contribution in [0, 0.1) is 29.6 Å². The lowest BCUT2D eigenvalue weighted by atomic mass is 10.1. The van der Waals surface area contributed by atoms with Gasteiger partial charge in [-0.15, -0.1) is 0 Å². The molecule has 166 valence electrons. The first-order valence-electron chi connectivity index (χ1n) is 10.5. The van der Waals surface area contributed by atoms with Crippen molar-refractivity contribution in [3.63, 3.8) is 0 Å². The number of aliphatic hydroxyl groups excluding tert-OH is 1. The predicted molar refractivity (Wildman–Crippen MR) is 118 cm³/mol. The topological polar surface area (TPSA) is 101 Å². The van der Waals surface area contributed by atoms with Crippen molar-refractivity contribution in [1.82, 2.24) is 19.0 Å². The van der Waals surface area contributed by atoms with Crippen molar-refractivity contribution in [2.24, 2.45) is 17.8 Å². The van der Waals surface area contributed by atoms with E-state index in [1.807, 2.05) is 34.9 Å².